The first kappa shape index (κ1) is 17.7. The minimum Gasteiger partial charge on any atom is -0.352 e. The Balaban J connectivity index is 1.86. The van der Waals surface area contributed by atoms with Gasteiger partial charge in [0.1, 0.15) is 6.04 Å². The summed E-state index contributed by atoms with van der Waals surface area (Å²) < 4.78 is 0. The van der Waals surface area contributed by atoms with E-state index in [-0.39, 0.29) is 17.9 Å². The summed E-state index contributed by atoms with van der Waals surface area (Å²) in [7, 11) is 3.97. The molecule has 23 heavy (non-hydrogen) atoms. The number of hydrogen-bond donors (Lipinski definition) is 2. The Morgan fingerprint density at radius 2 is 1.87 bits per heavy atom. The fourth-order valence-corrected chi connectivity index (χ4v) is 3.66. The van der Waals surface area contributed by atoms with E-state index in [4.69, 9.17) is 0 Å². The number of thiophene rings is 2. The highest BCUT2D eigenvalue weighted by atomic mass is 32.1. The molecular formula is C16H21N3O2S2. The quantitative estimate of drug-likeness (QED) is 0.805. The lowest BCUT2D eigenvalue weighted by Gasteiger charge is -2.24. The maximum atomic E-state index is 12.2. The van der Waals surface area contributed by atoms with Gasteiger partial charge in [-0.15, -0.1) is 22.7 Å². The summed E-state index contributed by atoms with van der Waals surface area (Å²) >= 11 is 3.02. The molecule has 7 heteroatoms. The molecule has 2 atom stereocenters. The Morgan fingerprint density at radius 3 is 2.43 bits per heavy atom. The van der Waals surface area contributed by atoms with Crippen molar-refractivity contribution >= 4 is 34.5 Å². The van der Waals surface area contributed by atoms with Crippen LogP contribution in [0.3, 0.4) is 0 Å². The molecule has 2 unspecified atom stereocenters. The van der Waals surface area contributed by atoms with E-state index >= 15 is 0 Å². The molecule has 0 fully saturated rings. The second-order valence-corrected chi connectivity index (χ2v) is 7.34. The summed E-state index contributed by atoms with van der Waals surface area (Å²) in [5.41, 5.74) is 0. The third-order valence-electron chi connectivity index (χ3n) is 3.45. The molecule has 0 aromatic carbocycles. The number of rotatable bonds is 7. The number of carbonyl (C=O) groups is 2. The molecule has 0 aliphatic rings. The van der Waals surface area contributed by atoms with Crippen molar-refractivity contribution in [3.05, 3.63) is 44.8 Å². The number of carbonyl (C=O) groups excluding carboxylic acids is 2. The molecular weight excluding hydrogens is 330 g/mol. The highest BCUT2D eigenvalue weighted by Gasteiger charge is 2.20. The molecule has 0 aliphatic heterocycles. The lowest BCUT2D eigenvalue weighted by atomic mass is 10.2. The van der Waals surface area contributed by atoms with Crippen molar-refractivity contribution in [2.45, 2.75) is 19.0 Å². The fourth-order valence-electron chi connectivity index (χ4n) is 2.11. The van der Waals surface area contributed by atoms with Crippen LogP contribution in [-0.2, 0) is 4.79 Å². The van der Waals surface area contributed by atoms with Crippen LogP contribution >= 0.6 is 22.7 Å². The smallest absolute Gasteiger partial charge is 0.261 e. The van der Waals surface area contributed by atoms with Crippen LogP contribution in [0.4, 0.5) is 0 Å². The molecule has 2 aromatic heterocycles. The van der Waals surface area contributed by atoms with E-state index in [1.165, 1.54) is 16.2 Å². The Kier molecular flexibility index (Phi) is 6.32. The standard InChI is InChI=1S/C16H21N3O2S2/c1-11(18-16(21)14-7-5-9-23-14)15(20)17-10-12(19(2)3)13-6-4-8-22-13/h4-9,11-12H,10H2,1-3H3,(H,17,20)(H,18,21). The second-order valence-electron chi connectivity index (χ2n) is 5.41. The highest BCUT2D eigenvalue weighted by molar-refractivity contribution is 7.12. The molecule has 0 saturated carbocycles. The van der Waals surface area contributed by atoms with Crippen molar-refractivity contribution in [2.75, 3.05) is 20.6 Å². The van der Waals surface area contributed by atoms with Crippen LogP contribution in [0.2, 0.25) is 0 Å². The van der Waals surface area contributed by atoms with E-state index in [0.717, 1.165) is 0 Å². The van der Waals surface area contributed by atoms with Gasteiger partial charge in [-0.05, 0) is 43.9 Å². The summed E-state index contributed by atoms with van der Waals surface area (Å²) in [6, 6.07) is 7.16. The first-order valence-corrected chi connectivity index (χ1v) is 9.07. The van der Waals surface area contributed by atoms with E-state index in [0.29, 0.717) is 11.4 Å². The van der Waals surface area contributed by atoms with Crippen molar-refractivity contribution in [3.8, 4) is 0 Å². The van der Waals surface area contributed by atoms with Crippen molar-refractivity contribution in [1.82, 2.24) is 15.5 Å². The average molecular weight is 351 g/mol. The average Bonchev–Trinajstić information content (AvgIpc) is 3.20. The maximum absolute atomic E-state index is 12.2. The van der Waals surface area contributed by atoms with Crippen molar-refractivity contribution in [3.63, 3.8) is 0 Å². The van der Waals surface area contributed by atoms with Gasteiger partial charge in [0.15, 0.2) is 0 Å². The molecule has 2 rings (SSSR count). The Hall–Kier alpha value is -1.70. The molecule has 124 valence electrons. The first-order valence-electron chi connectivity index (χ1n) is 7.31. The van der Waals surface area contributed by atoms with Gasteiger partial charge in [0, 0.05) is 11.4 Å². The molecule has 2 amide bonds. The molecule has 0 spiro atoms. The van der Waals surface area contributed by atoms with Crippen LogP contribution in [0.5, 0.6) is 0 Å². The number of nitrogens with zero attached hydrogens (tertiary/aromatic N) is 1. The number of hydrogen-bond acceptors (Lipinski definition) is 5. The highest BCUT2D eigenvalue weighted by Crippen LogP contribution is 2.22. The van der Waals surface area contributed by atoms with Crippen LogP contribution in [-0.4, -0.2) is 43.4 Å². The molecule has 0 aliphatic carbocycles. The number of nitrogens with one attached hydrogen (secondary N) is 2. The molecule has 2 aromatic rings. The van der Waals surface area contributed by atoms with Gasteiger partial charge in [-0.2, -0.15) is 0 Å². The summed E-state index contributed by atoms with van der Waals surface area (Å²) in [5, 5.41) is 9.50. The van der Waals surface area contributed by atoms with Gasteiger partial charge in [-0.1, -0.05) is 12.1 Å². The SMILES string of the molecule is CC(NC(=O)c1cccs1)C(=O)NCC(c1cccs1)N(C)C. The largest absolute Gasteiger partial charge is 0.352 e. The van der Waals surface area contributed by atoms with E-state index in [2.05, 4.69) is 21.6 Å². The number of amides is 2. The second kappa shape index (κ2) is 8.24. The van der Waals surface area contributed by atoms with Gasteiger partial charge >= 0.3 is 0 Å². The fraction of sp³-hybridized carbons (Fsp3) is 0.375. The molecule has 0 radical (unpaired) electrons. The van der Waals surface area contributed by atoms with Crippen LogP contribution in [0.1, 0.15) is 27.5 Å². The maximum Gasteiger partial charge on any atom is 0.261 e. The Bertz CT molecular complexity index is 624. The van der Waals surface area contributed by atoms with Crippen LogP contribution in [0.15, 0.2) is 35.0 Å². The first-order chi connectivity index (χ1) is 11.0. The van der Waals surface area contributed by atoms with E-state index in [1.54, 1.807) is 24.3 Å². The van der Waals surface area contributed by atoms with Crippen molar-refractivity contribution in [2.24, 2.45) is 0 Å². The zero-order valence-electron chi connectivity index (χ0n) is 13.4. The van der Waals surface area contributed by atoms with E-state index < -0.39 is 6.04 Å². The zero-order valence-corrected chi connectivity index (χ0v) is 15.0. The normalized spacial score (nSPS) is 13.6. The van der Waals surface area contributed by atoms with Crippen molar-refractivity contribution in [1.29, 1.82) is 0 Å². The topological polar surface area (TPSA) is 61.4 Å². The monoisotopic (exact) mass is 351 g/mol. The Labute approximate surface area is 144 Å². The van der Waals surface area contributed by atoms with Crippen LogP contribution < -0.4 is 10.6 Å². The lowest BCUT2D eigenvalue weighted by Crippen LogP contribution is -2.46. The van der Waals surface area contributed by atoms with Gasteiger partial charge < -0.3 is 15.5 Å². The molecule has 5 nitrogen and oxygen atoms in total. The Morgan fingerprint density at radius 1 is 1.17 bits per heavy atom. The predicted molar refractivity (Wildman–Crippen MR) is 95.0 cm³/mol. The van der Waals surface area contributed by atoms with Crippen LogP contribution in [0, 0.1) is 0 Å². The predicted octanol–water partition coefficient (Wildman–Crippen LogP) is 2.35. The van der Waals surface area contributed by atoms with Crippen molar-refractivity contribution < 1.29 is 9.59 Å². The van der Waals surface area contributed by atoms with E-state index in [9.17, 15) is 9.59 Å². The summed E-state index contributed by atoms with van der Waals surface area (Å²) in [5.74, 6) is -0.400. The third kappa shape index (κ3) is 4.89. The van der Waals surface area contributed by atoms with Gasteiger partial charge in [0.2, 0.25) is 5.91 Å². The van der Waals surface area contributed by atoms with Crippen LogP contribution in [0.25, 0.3) is 0 Å². The summed E-state index contributed by atoms with van der Waals surface area (Å²) in [4.78, 5) is 28.0. The minimum absolute atomic E-state index is 0.124. The van der Waals surface area contributed by atoms with Gasteiger partial charge in [0.05, 0.1) is 10.9 Å². The summed E-state index contributed by atoms with van der Waals surface area (Å²) in [6.45, 7) is 2.20. The molecule has 0 bridgehead atoms. The molecule has 0 saturated heterocycles. The van der Waals surface area contributed by atoms with Gasteiger partial charge in [0.25, 0.3) is 5.91 Å². The lowest BCUT2D eigenvalue weighted by molar-refractivity contribution is -0.122. The number of likely N-dealkylation sites (N-methyl/N-ethyl adjacent to an activating group) is 1. The van der Waals surface area contributed by atoms with Gasteiger partial charge in [-0.25, -0.2) is 0 Å². The third-order valence-corrected chi connectivity index (χ3v) is 5.29. The van der Waals surface area contributed by atoms with Gasteiger partial charge in [-0.3, -0.25) is 9.59 Å². The molecule has 2 N–H and O–H groups in total. The molecule has 2 heterocycles. The minimum atomic E-state index is -0.573. The summed E-state index contributed by atoms with van der Waals surface area (Å²) in [6.07, 6.45) is 0. The zero-order chi connectivity index (χ0) is 16.8. The van der Waals surface area contributed by atoms with E-state index in [1.807, 2.05) is 37.0 Å².